The molecule has 0 radical (unpaired) electrons. The van der Waals surface area contributed by atoms with E-state index in [1.807, 2.05) is 30.4 Å². The number of unbranched alkanes of at least 4 members (excludes halogenated alkanes) is 1. The normalized spacial score (nSPS) is 14.6. The van der Waals surface area contributed by atoms with Gasteiger partial charge in [0.25, 0.3) is 0 Å². The number of rotatable bonds is 11. The molecule has 8 nitrogen and oxygen atoms in total. The van der Waals surface area contributed by atoms with Crippen molar-refractivity contribution in [2.45, 2.75) is 64.2 Å². The smallest absolute Gasteiger partial charge is 0.232 e. The monoisotopic (exact) mass is 498 g/mol. The summed E-state index contributed by atoms with van der Waals surface area (Å²) in [5.41, 5.74) is 3.88. The molecule has 2 aliphatic carbocycles. The number of aromatic nitrogens is 4. The molecule has 0 atom stereocenters. The maximum absolute atomic E-state index is 12.5. The van der Waals surface area contributed by atoms with Gasteiger partial charge < -0.3 is 5.32 Å². The Balaban J connectivity index is 1.16. The van der Waals surface area contributed by atoms with Crippen molar-refractivity contribution in [1.29, 1.82) is 0 Å². The minimum Gasteiger partial charge on any atom is -0.309 e. The van der Waals surface area contributed by atoms with E-state index in [9.17, 15) is 9.59 Å². The Bertz CT molecular complexity index is 1200. The Hall–Kier alpha value is -3.94. The fourth-order valence-electron chi connectivity index (χ4n) is 4.23. The number of hydrogen-bond acceptors (Lipinski definition) is 6. The van der Waals surface area contributed by atoms with Crippen molar-refractivity contribution >= 4 is 23.5 Å². The number of nitrogens with zero attached hydrogens (tertiary/aromatic N) is 5. The predicted octanol–water partition coefficient (Wildman–Crippen LogP) is 5.07. The van der Waals surface area contributed by atoms with Crippen LogP contribution in [0.5, 0.6) is 0 Å². The molecule has 0 spiro atoms. The van der Waals surface area contributed by atoms with Gasteiger partial charge >= 0.3 is 0 Å². The summed E-state index contributed by atoms with van der Waals surface area (Å²) in [6.45, 7) is 0. The number of allylic oxidation sites excluding steroid dienone is 6. The molecule has 192 valence electrons. The van der Waals surface area contributed by atoms with Crippen LogP contribution in [0.1, 0.15) is 62.8 Å². The molecule has 1 N–H and O–H groups in total. The molecule has 0 saturated heterocycles. The van der Waals surface area contributed by atoms with Crippen LogP contribution < -0.4 is 10.2 Å². The second-order valence-electron chi connectivity index (χ2n) is 9.37. The molecule has 37 heavy (non-hydrogen) atoms. The highest BCUT2D eigenvalue weighted by atomic mass is 16.2. The van der Waals surface area contributed by atoms with Crippen molar-refractivity contribution in [1.82, 2.24) is 20.4 Å². The summed E-state index contributed by atoms with van der Waals surface area (Å²) in [4.78, 5) is 26.3. The Morgan fingerprint density at radius 1 is 0.784 bits per heavy atom. The van der Waals surface area contributed by atoms with E-state index in [4.69, 9.17) is 0 Å². The van der Waals surface area contributed by atoms with E-state index >= 15 is 0 Å². The van der Waals surface area contributed by atoms with Crippen LogP contribution >= 0.6 is 0 Å². The predicted molar refractivity (Wildman–Crippen MR) is 145 cm³/mol. The van der Waals surface area contributed by atoms with Gasteiger partial charge in [-0.1, -0.05) is 36.5 Å². The summed E-state index contributed by atoms with van der Waals surface area (Å²) in [7, 11) is 1.74. The maximum Gasteiger partial charge on any atom is 0.232 e. The van der Waals surface area contributed by atoms with Crippen LogP contribution in [0.4, 0.5) is 11.6 Å². The summed E-state index contributed by atoms with van der Waals surface area (Å²) in [5, 5.41) is 19.8. The second-order valence-corrected chi connectivity index (χ2v) is 9.37. The van der Waals surface area contributed by atoms with Crippen molar-refractivity contribution in [3.05, 3.63) is 83.3 Å². The average molecular weight is 499 g/mol. The van der Waals surface area contributed by atoms with Crippen LogP contribution in [0.15, 0.2) is 71.9 Å². The number of carbonyl (C=O) groups is 2. The van der Waals surface area contributed by atoms with Gasteiger partial charge in [0.15, 0.2) is 11.6 Å². The molecule has 0 aliphatic heterocycles. The third-order valence-electron chi connectivity index (χ3n) is 6.39. The fourth-order valence-corrected chi connectivity index (χ4v) is 4.23. The molecular formula is C29H34N6O2. The van der Waals surface area contributed by atoms with E-state index < -0.39 is 0 Å². The summed E-state index contributed by atoms with van der Waals surface area (Å²) in [6.07, 6.45) is 20.7. The highest BCUT2D eigenvalue weighted by molar-refractivity contribution is 5.93. The first-order valence-corrected chi connectivity index (χ1v) is 13.0. The Morgan fingerprint density at radius 2 is 1.41 bits per heavy atom. The lowest BCUT2D eigenvalue weighted by Gasteiger charge is -2.17. The highest BCUT2D eigenvalue weighted by Gasteiger charge is 2.14. The van der Waals surface area contributed by atoms with E-state index in [-0.39, 0.29) is 11.8 Å². The van der Waals surface area contributed by atoms with Gasteiger partial charge in [0, 0.05) is 7.05 Å². The topological polar surface area (TPSA) is 101 Å². The van der Waals surface area contributed by atoms with Gasteiger partial charge in [-0.15, -0.1) is 10.2 Å². The molecular weight excluding hydrogens is 464 g/mol. The van der Waals surface area contributed by atoms with Crippen LogP contribution in [0.2, 0.25) is 0 Å². The molecule has 2 aromatic rings. The van der Waals surface area contributed by atoms with Gasteiger partial charge in [0.1, 0.15) is 0 Å². The fraction of sp³-hybridized carbons (Fsp3) is 0.379. The second kappa shape index (κ2) is 13.4. The van der Waals surface area contributed by atoms with Crippen molar-refractivity contribution in [3.63, 3.8) is 0 Å². The van der Waals surface area contributed by atoms with Crippen LogP contribution in [0, 0.1) is 0 Å². The molecule has 0 unspecified atom stereocenters. The number of aryl methyl sites for hydroxylation is 2. The standard InChI is InChI=1S/C29H34N6O2/c1-35(29(37)21-23-12-6-3-7-13-23)27-19-17-25(32-34-27)15-9-8-14-24-16-18-26(33-31-24)30-28(36)20-22-10-4-2-5-11-22/h4,6,10-13,16-19H,2-3,5,7-9,14-15,20-21H2,1H3,(H,30,33,36). The summed E-state index contributed by atoms with van der Waals surface area (Å²) in [5.74, 6) is 0.954. The zero-order valence-electron chi connectivity index (χ0n) is 21.4. The number of nitrogens with one attached hydrogen (secondary N) is 1. The van der Waals surface area contributed by atoms with E-state index in [2.05, 4.69) is 50.0 Å². The Labute approximate surface area is 218 Å². The molecule has 0 aromatic carbocycles. The van der Waals surface area contributed by atoms with E-state index in [0.29, 0.717) is 24.5 Å². The quantitative estimate of drug-likeness (QED) is 0.434. The molecule has 0 fully saturated rings. The number of anilines is 2. The van der Waals surface area contributed by atoms with Gasteiger partial charge in [0.2, 0.25) is 11.8 Å². The van der Waals surface area contributed by atoms with Gasteiger partial charge in [-0.2, -0.15) is 10.2 Å². The molecule has 2 amide bonds. The third kappa shape index (κ3) is 8.31. The lowest BCUT2D eigenvalue weighted by molar-refractivity contribution is -0.118. The molecule has 4 rings (SSSR count). The van der Waals surface area contributed by atoms with Crippen LogP contribution in [-0.4, -0.2) is 39.3 Å². The van der Waals surface area contributed by atoms with Crippen molar-refractivity contribution in [3.8, 4) is 0 Å². The molecule has 2 heterocycles. The molecule has 2 aromatic heterocycles. The zero-order valence-corrected chi connectivity index (χ0v) is 21.4. The zero-order chi connectivity index (χ0) is 25.9. The van der Waals surface area contributed by atoms with Gasteiger partial charge in [-0.3, -0.25) is 14.5 Å². The summed E-state index contributed by atoms with van der Waals surface area (Å²) in [6, 6.07) is 7.49. The van der Waals surface area contributed by atoms with Crippen LogP contribution in [-0.2, 0) is 22.4 Å². The number of carbonyl (C=O) groups excluding carboxylic acids is 2. The number of amides is 2. The van der Waals surface area contributed by atoms with Gasteiger partial charge in [-0.05, 0) is 86.8 Å². The lowest BCUT2D eigenvalue weighted by atomic mass is 10.0. The third-order valence-corrected chi connectivity index (χ3v) is 6.39. The van der Waals surface area contributed by atoms with E-state index in [1.165, 1.54) is 0 Å². The van der Waals surface area contributed by atoms with Crippen LogP contribution in [0.3, 0.4) is 0 Å². The summed E-state index contributed by atoms with van der Waals surface area (Å²) >= 11 is 0. The van der Waals surface area contributed by atoms with Crippen molar-refractivity contribution < 1.29 is 9.59 Å². The minimum absolute atomic E-state index is 0.00492. The highest BCUT2D eigenvalue weighted by Crippen LogP contribution is 2.17. The Kier molecular flexibility index (Phi) is 9.46. The first-order chi connectivity index (χ1) is 18.1. The largest absolute Gasteiger partial charge is 0.309 e. The summed E-state index contributed by atoms with van der Waals surface area (Å²) < 4.78 is 0. The molecule has 2 aliphatic rings. The average Bonchev–Trinajstić information content (AvgIpc) is 2.93. The van der Waals surface area contributed by atoms with Gasteiger partial charge in [0.05, 0.1) is 24.2 Å². The maximum atomic E-state index is 12.5. The first kappa shape index (κ1) is 26.1. The molecule has 8 heteroatoms. The van der Waals surface area contributed by atoms with Crippen LogP contribution in [0.25, 0.3) is 0 Å². The molecule has 0 bridgehead atoms. The molecule has 0 saturated carbocycles. The number of hydrogen-bond donors (Lipinski definition) is 1. The Morgan fingerprint density at radius 3 is 1.95 bits per heavy atom. The minimum atomic E-state index is -0.0821. The van der Waals surface area contributed by atoms with E-state index in [0.717, 1.165) is 73.9 Å². The van der Waals surface area contributed by atoms with Gasteiger partial charge in [-0.25, -0.2) is 0 Å². The van der Waals surface area contributed by atoms with E-state index in [1.54, 1.807) is 18.0 Å². The lowest BCUT2D eigenvalue weighted by Crippen LogP contribution is -2.27. The first-order valence-electron chi connectivity index (χ1n) is 13.0. The SMILES string of the molecule is CN(C(=O)CC1=CCCC=C1)c1ccc(CCCCc2ccc(NC(=O)CC3=CCCC=C3)nn2)nn1. The van der Waals surface area contributed by atoms with Crippen molar-refractivity contribution in [2.24, 2.45) is 0 Å². The van der Waals surface area contributed by atoms with Crippen molar-refractivity contribution in [2.75, 3.05) is 17.3 Å².